The number of amides is 3. The van der Waals surface area contributed by atoms with E-state index in [9.17, 15) is 9.59 Å². The Balaban J connectivity index is 1.33. The first-order chi connectivity index (χ1) is 13.6. The van der Waals surface area contributed by atoms with Gasteiger partial charge in [0.2, 0.25) is 0 Å². The zero-order chi connectivity index (χ0) is 19.8. The molecule has 1 aliphatic rings. The summed E-state index contributed by atoms with van der Waals surface area (Å²) in [4.78, 5) is 30.6. The van der Waals surface area contributed by atoms with Crippen molar-refractivity contribution in [3.63, 3.8) is 0 Å². The molecule has 3 heterocycles. The molecule has 9 nitrogen and oxygen atoms in total. The van der Waals surface area contributed by atoms with Gasteiger partial charge < -0.3 is 16.0 Å². The van der Waals surface area contributed by atoms with Gasteiger partial charge in [0.05, 0.1) is 5.69 Å². The molecule has 1 saturated heterocycles. The topological polar surface area (TPSA) is 115 Å². The van der Waals surface area contributed by atoms with Crippen molar-refractivity contribution in [2.24, 2.45) is 5.92 Å². The van der Waals surface area contributed by atoms with Crippen molar-refractivity contribution in [3.05, 3.63) is 48.0 Å². The number of hydrogen-bond donors (Lipinski definition) is 4. The van der Waals surface area contributed by atoms with E-state index in [4.69, 9.17) is 0 Å². The maximum absolute atomic E-state index is 12.1. The van der Waals surface area contributed by atoms with Crippen LogP contribution in [0.4, 0.5) is 4.79 Å². The minimum Gasteiger partial charge on any atom is -0.349 e. The van der Waals surface area contributed by atoms with Gasteiger partial charge in [-0.05, 0) is 30.5 Å². The Hall–Kier alpha value is -2.94. The van der Waals surface area contributed by atoms with Gasteiger partial charge in [-0.3, -0.25) is 19.8 Å². The van der Waals surface area contributed by atoms with Crippen molar-refractivity contribution in [3.8, 4) is 0 Å². The number of carbonyl (C=O) groups is 2. The van der Waals surface area contributed by atoms with E-state index in [0.29, 0.717) is 24.7 Å². The minimum absolute atomic E-state index is 0.138. The van der Waals surface area contributed by atoms with E-state index in [1.165, 1.54) is 6.20 Å². The molecule has 150 valence electrons. The standard InChI is InChI=1S/C19H27N7O2/c1-14-12-26(13-15-4-2-3-7-20-15)11-6-16(14)24-19(28)22-10-9-21-18(27)17-5-8-23-25-17/h2-5,7-8,14,16H,6,9-13H2,1H3,(H,21,27)(H,23,25)(H2,22,24,28). The smallest absolute Gasteiger partial charge is 0.315 e. The van der Waals surface area contributed by atoms with Crippen LogP contribution in [0.25, 0.3) is 0 Å². The van der Waals surface area contributed by atoms with Crippen molar-refractivity contribution in [2.75, 3.05) is 26.2 Å². The zero-order valence-corrected chi connectivity index (χ0v) is 16.0. The quantitative estimate of drug-likeness (QED) is 0.525. The molecule has 0 aromatic carbocycles. The Morgan fingerprint density at radius 1 is 1.21 bits per heavy atom. The molecular weight excluding hydrogens is 358 g/mol. The van der Waals surface area contributed by atoms with Crippen LogP contribution in [0.2, 0.25) is 0 Å². The highest BCUT2D eigenvalue weighted by Crippen LogP contribution is 2.18. The highest BCUT2D eigenvalue weighted by molar-refractivity contribution is 5.92. The molecule has 2 unspecified atom stereocenters. The summed E-state index contributed by atoms with van der Waals surface area (Å²) in [6, 6.07) is 7.49. The van der Waals surface area contributed by atoms with Crippen molar-refractivity contribution in [2.45, 2.75) is 25.9 Å². The maximum atomic E-state index is 12.1. The number of carbonyl (C=O) groups excluding carboxylic acids is 2. The molecule has 0 spiro atoms. The lowest BCUT2D eigenvalue weighted by molar-refractivity contribution is 0.0948. The predicted molar refractivity (Wildman–Crippen MR) is 105 cm³/mol. The molecule has 2 aromatic rings. The predicted octanol–water partition coefficient (Wildman–Crippen LogP) is 0.744. The van der Waals surface area contributed by atoms with E-state index < -0.39 is 0 Å². The molecule has 1 aliphatic heterocycles. The molecule has 3 rings (SSSR count). The van der Waals surface area contributed by atoms with E-state index in [2.05, 4.69) is 43.0 Å². The number of aromatic nitrogens is 3. The number of nitrogens with zero attached hydrogens (tertiary/aromatic N) is 3. The molecule has 0 aliphatic carbocycles. The third kappa shape index (κ3) is 5.78. The number of urea groups is 1. The second kappa shape index (κ2) is 9.84. The first-order valence-electron chi connectivity index (χ1n) is 9.56. The van der Waals surface area contributed by atoms with Crippen LogP contribution in [0.5, 0.6) is 0 Å². The van der Waals surface area contributed by atoms with Gasteiger partial charge in [-0.2, -0.15) is 5.10 Å². The Kier molecular flexibility index (Phi) is 6.96. The van der Waals surface area contributed by atoms with E-state index in [1.807, 2.05) is 24.4 Å². The number of aromatic amines is 1. The summed E-state index contributed by atoms with van der Waals surface area (Å²) < 4.78 is 0. The van der Waals surface area contributed by atoms with Gasteiger partial charge in [0, 0.05) is 51.2 Å². The Bertz CT molecular complexity index is 751. The van der Waals surface area contributed by atoms with E-state index >= 15 is 0 Å². The third-order valence-corrected chi connectivity index (χ3v) is 4.86. The molecule has 3 amide bonds. The number of piperidine rings is 1. The second-order valence-electron chi connectivity index (χ2n) is 7.06. The van der Waals surface area contributed by atoms with Crippen LogP contribution >= 0.6 is 0 Å². The first kappa shape index (κ1) is 19.8. The number of nitrogens with one attached hydrogen (secondary N) is 4. The van der Waals surface area contributed by atoms with Gasteiger partial charge in [0.25, 0.3) is 5.91 Å². The summed E-state index contributed by atoms with van der Waals surface area (Å²) in [7, 11) is 0. The molecule has 1 fully saturated rings. The fraction of sp³-hybridized carbons (Fsp3) is 0.474. The van der Waals surface area contributed by atoms with Gasteiger partial charge in [-0.1, -0.05) is 13.0 Å². The average molecular weight is 385 g/mol. The first-order valence-corrected chi connectivity index (χ1v) is 9.56. The van der Waals surface area contributed by atoms with Crippen LogP contribution in [0, 0.1) is 5.92 Å². The number of rotatable bonds is 7. The van der Waals surface area contributed by atoms with E-state index in [0.717, 1.165) is 31.7 Å². The number of likely N-dealkylation sites (tertiary alicyclic amines) is 1. The monoisotopic (exact) mass is 385 g/mol. The normalized spacial score (nSPS) is 19.8. The van der Waals surface area contributed by atoms with Gasteiger partial charge in [-0.15, -0.1) is 0 Å². The molecular formula is C19H27N7O2. The minimum atomic E-state index is -0.242. The summed E-state index contributed by atoms with van der Waals surface area (Å²) >= 11 is 0. The maximum Gasteiger partial charge on any atom is 0.315 e. The van der Waals surface area contributed by atoms with Gasteiger partial charge in [-0.25, -0.2) is 4.79 Å². The van der Waals surface area contributed by atoms with Crippen LogP contribution < -0.4 is 16.0 Å². The van der Waals surface area contributed by atoms with Crippen molar-refractivity contribution in [1.29, 1.82) is 0 Å². The lowest BCUT2D eigenvalue weighted by Crippen LogP contribution is -2.52. The fourth-order valence-corrected chi connectivity index (χ4v) is 3.36. The molecule has 4 N–H and O–H groups in total. The van der Waals surface area contributed by atoms with E-state index in [-0.39, 0.29) is 18.0 Å². The second-order valence-corrected chi connectivity index (χ2v) is 7.06. The summed E-state index contributed by atoms with van der Waals surface area (Å²) in [6.45, 7) is 5.54. The summed E-state index contributed by atoms with van der Waals surface area (Å²) in [5.41, 5.74) is 1.46. The van der Waals surface area contributed by atoms with Crippen molar-refractivity contribution < 1.29 is 9.59 Å². The lowest BCUT2D eigenvalue weighted by atomic mass is 9.94. The summed E-state index contributed by atoms with van der Waals surface area (Å²) in [5, 5.41) is 14.9. The summed E-state index contributed by atoms with van der Waals surface area (Å²) in [6.07, 6.45) is 4.23. The molecule has 9 heteroatoms. The van der Waals surface area contributed by atoms with Crippen LogP contribution in [0.15, 0.2) is 36.7 Å². The largest absolute Gasteiger partial charge is 0.349 e. The van der Waals surface area contributed by atoms with Crippen LogP contribution in [0.3, 0.4) is 0 Å². The number of hydrogen-bond acceptors (Lipinski definition) is 5. The Morgan fingerprint density at radius 2 is 2.07 bits per heavy atom. The highest BCUT2D eigenvalue weighted by atomic mass is 16.2. The SMILES string of the molecule is CC1CN(Cc2ccccn2)CCC1NC(=O)NCCNC(=O)c1ccn[nH]1. The lowest BCUT2D eigenvalue weighted by Gasteiger charge is -2.37. The molecule has 0 saturated carbocycles. The third-order valence-electron chi connectivity index (χ3n) is 4.86. The highest BCUT2D eigenvalue weighted by Gasteiger charge is 2.27. The van der Waals surface area contributed by atoms with Crippen LogP contribution in [-0.4, -0.2) is 64.2 Å². The fourth-order valence-electron chi connectivity index (χ4n) is 3.36. The molecule has 2 aromatic heterocycles. The summed E-state index contributed by atoms with van der Waals surface area (Å²) in [5.74, 6) is 0.108. The van der Waals surface area contributed by atoms with Crippen molar-refractivity contribution >= 4 is 11.9 Å². The van der Waals surface area contributed by atoms with Gasteiger partial charge in [0.15, 0.2) is 0 Å². The van der Waals surface area contributed by atoms with Gasteiger partial charge in [0.1, 0.15) is 5.69 Å². The molecule has 0 radical (unpaired) electrons. The molecule has 28 heavy (non-hydrogen) atoms. The Labute approximate surface area is 164 Å². The zero-order valence-electron chi connectivity index (χ0n) is 16.0. The number of H-pyrrole nitrogens is 1. The molecule has 0 bridgehead atoms. The van der Waals surface area contributed by atoms with Crippen molar-refractivity contribution in [1.82, 2.24) is 36.0 Å². The van der Waals surface area contributed by atoms with Crippen LogP contribution in [0.1, 0.15) is 29.5 Å². The Morgan fingerprint density at radius 3 is 2.79 bits per heavy atom. The number of pyridine rings is 1. The molecule has 2 atom stereocenters. The van der Waals surface area contributed by atoms with Gasteiger partial charge >= 0.3 is 6.03 Å². The van der Waals surface area contributed by atoms with E-state index in [1.54, 1.807) is 6.07 Å². The average Bonchev–Trinajstić information content (AvgIpc) is 3.23. The van der Waals surface area contributed by atoms with Crippen LogP contribution in [-0.2, 0) is 6.54 Å².